The summed E-state index contributed by atoms with van der Waals surface area (Å²) in [6.07, 6.45) is -0.623. The fourth-order valence-electron chi connectivity index (χ4n) is 4.96. The number of thiazole rings is 1. The van der Waals surface area contributed by atoms with Gasteiger partial charge in [-0.2, -0.15) is 0 Å². The molecule has 40 heavy (non-hydrogen) atoms. The Morgan fingerprint density at radius 2 is 2.05 bits per heavy atom. The molecule has 1 aromatic carbocycles. The van der Waals surface area contributed by atoms with Crippen LogP contribution in [0.15, 0.2) is 34.3 Å². The Balaban J connectivity index is 1.49. The lowest BCUT2D eigenvalue weighted by Gasteiger charge is -2.28. The molecule has 216 valence electrons. The number of carbonyl (C=O) groups excluding carboxylic acids is 2. The van der Waals surface area contributed by atoms with Crippen molar-refractivity contribution in [3.8, 4) is 16.2 Å². The highest BCUT2D eigenvalue weighted by Gasteiger charge is 2.43. The lowest BCUT2D eigenvalue weighted by Crippen LogP contribution is -2.48. The molecule has 10 nitrogen and oxygen atoms in total. The summed E-state index contributed by atoms with van der Waals surface area (Å²) in [5, 5.41) is 17.3. The largest absolute Gasteiger partial charge is 0.491 e. The van der Waals surface area contributed by atoms with E-state index in [2.05, 4.69) is 15.5 Å². The summed E-state index contributed by atoms with van der Waals surface area (Å²) < 4.78 is 16.9. The van der Waals surface area contributed by atoms with Gasteiger partial charge >= 0.3 is 0 Å². The van der Waals surface area contributed by atoms with Crippen molar-refractivity contribution in [1.29, 1.82) is 0 Å². The van der Waals surface area contributed by atoms with Crippen molar-refractivity contribution in [2.75, 3.05) is 26.4 Å². The quantitative estimate of drug-likeness (QED) is 0.315. The van der Waals surface area contributed by atoms with Crippen molar-refractivity contribution in [2.24, 2.45) is 5.92 Å². The number of ether oxygens (including phenoxy) is 2. The molecule has 2 N–H and O–H groups in total. The van der Waals surface area contributed by atoms with Gasteiger partial charge in [-0.15, -0.1) is 11.3 Å². The van der Waals surface area contributed by atoms with Gasteiger partial charge in [-0.1, -0.05) is 31.1 Å². The lowest BCUT2D eigenvalue weighted by molar-refractivity contribution is -0.141. The van der Waals surface area contributed by atoms with Gasteiger partial charge in [0, 0.05) is 37.7 Å². The van der Waals surface area contributed by atoms with Crippen LogP contribution < -0.4 is 10.1 Å². The average molecular weight is 571 g/mol. The molecule has 1 fully saturated rings. The third kappa shape index (κ3) is 6.89. The first kappa shape index (κ1) is 29.7. The van der Waals surface area contributed by atoms with Gasteiger partial charge in [-0.05, 0) is 38.3 Å². The van der Waals surface area contributed by atoms with Gasteiger partial charge in [0.15, 0.2) is 0 Å². The summed E-state index contributed by atoms with van der Waals surface area (Å²) in [6, 6.07) is 6.82. The predicted molar refractivity (Wildman–Crippen MR) is 151 cm³/mol. The predicted octanol–water partition coefficient (Wildman–Crippen LogP) is 3.85. The van der Waals surface area contributed by atoms with E-state index < -0.39 is 18.1 Å². The van der Waals surface area contributed by atoms with E-state index in [1.807, 2.05) is 51.4 Å². The Kier molecular flexibility index (Phi) is 9.94. The van der Waals surface area contributed by atoms with Crippen molar-refractivity contribution in [1.82, 2.24) is 20.4 Å². The third-order valence-electron chi connectivity index (χ3n) is 6.97. The van der Waals surface area contributed by atoms with Gasteiger partial charge in [0.05, 0.1) is 34.5 Å². The minimum atomic E-state index is -0.797. The van der Waals surface area contributed by atoms with Crippen molar-refractivity contribution < 1.29 is 28.7 Å². The number of carbonyl (C=O) groups is 2. The summed E-state index contributed by atoms with van der Waals surface area (Å²) >= 11 is 1.56. The van der Waals surface area contributed by atoms with Gasteiger partial charge in [0.1, 0.15) is 30.1 Å². The van der Waals surface area contributed by atoms with Crippen LogP contribution >= 0.6 is 11.3 Å². The van der Waals surface area contributed by atoms with Gasteiger partial charge in [0.2, 0.25) is 11.8 Å². The number of aromatic nitrogens is 2. The summed E-state index contributed by atoms with van der Waals surface area (Å²) in [6.45, 7) is 11.2. The molecule has 11 heteroatoms. The highest BCUT2D eigenvalue weighted by molar-refractivity contribution is 7.13. The number of rotatable bonds is 12. The summed E-state index contributed by atoms with van der Waals surface area (Å²) in [5.41, 5.74) is 5.21. The van der Waals surface area contributed by atoms with E-state index in [1.54, 1.807) is 24.3 Å². The average Bonchev–Trinajstić information content (AvgIpc) is 3.65. The Bertz CT molecular complexity index is 1310. The zero-order valence-corrected chi connectivity index (χ0v) is 24.5. The monoisotopic (exact) mass is 570 g/mol. The maximum absolute atomic E-state index is 13.6. The molecule has 3 heterocycles. The molecule has 2 aromatic heterocycles. The molecule has 0 spiro atoms. The van der Waals surface area contributed by atoms with Gasteiger partial charge in [0.25, 0.3) is 0 Å². The standard InChI is InChI=1S/C29H38N4O6S/c1-6-37-9-10-38-24-12-20(27-19(5)31-16-40-27)7-8-21(24)14-30-28(35)23-13-22(34)15-33(23)29(36)26(17(2)3)25-11-18(4)32-39-25/h7-8,11-12,16-17,22-23,26,34H,6,9-10,13-15H2,1-5H3,(H,30,35)/t22-,23+,26-/m1/s1. The number of hydrogen-bond acceptors (Lipinski definition) is 9. The van der Waals surface area contributed by atoms with E-state index in [0.717, 1.165) is 21.7 Å². The van der Waals surface area contributed by atoms with E-state index in [9.17, 15) is 14.7 Å². The number of aliphatic hydroxyl groups excluding tert-OH is 1. The van der Waals surface area contributed by atoms with Gasteiger partial charge in [-0.3, -0.25) is 9.59 Å². The van der Waals surface area contributed by atoms with E-state index in [-0.39, 0.29) is 37.2 Å². The number of likely N-dealkylation sites (tertiary alicyclic amines) is 1. The maximum atomic E-state index is 13.6. The highest BCUT2D eigenvalue weighted by Crippen LogP contribution is 2.33. The van der Waals surface area contributed by atoms with Crippen LogP contribution in [-0.2, 0) is 20.9 Å². The van der Waals surface area contributed by atoms with Crippen molar-refractivity contribution in [3.05, 3.63) is 52.5 Å². The summed E-state index contributed by atoms with van der Waals surface area (Å²) in [7, 11) is 0. The normalized spacial score (nSPS) is 17.8. The molecule has 1 aliphatic rings. The fraction of sp³-hybridized carbons (Fsp3) is 0.517. The number of amides is 2. The van der Waals surface area contributed by atoms with Gasteiger partial charge in [-0.25, -0.2) is 4.98 Å². The van der Waals surface area contributed by atoms with Crippen LogP contribution in [0.4, 0.5) is 0 Å². The molecule has 0 aliphatic carbocycles. The molecule has 4 rings (SSSR count). The number of β-amino-alcohol motifs (C(OH)–C–C–N with tert-alkyl or cyclic N) is 1. The number of benzene rings is 1. The lowest BCUT2D eigenvalue weighted by atomic mass is 9.91. The second-order valence-electron chi connectivity index (χ2n) is 10.3. The molecule has 1 saturated heterocycles. The topological polar surface area (TPSA) is 127 Å². The zero-order valence-electron chi connectivity index (χ0n) is 23.7. The summed E-state index contributed by atoms with van der Waals surface area (Å²) in [4.78, 5) is 33.9. The Morgan fingerprint density at radius 3 is 2.70 bits per heavy atom. The van der Waals surface area contributed by atoms with Crippen LogP contribution in [0.5, 0.6) is 5.75 Å². The number of aliphatic hydroxyl groups is 1. The van der Waals surface area contributed by atoms with Crippen molar-refractivity contribution >= 4 is 23.2 Å². The first-order valence-corrected chi connectivity index (χ1v) is 14.5. The second kappa shape index (κ2) is 13.4. The summed E-state index contributed by atoms with van der Waals surface area (Å²) in [5.74, 6) is -0.169. The first-order chi connectivity index (χ1) is 19.2. The molecule has 3 atom stereocenters. The zero-order chi connectivity index (χ0) is 28.8. The van der Waals surface area contributed by atoms with E-state index in [4.69, 9.17) is 14.0 Å². The van der Waals surface area contributed by atoms with Crippen molar-refractivity contribution in [2.45, 2.75) is 65.6 Å². The van der Waals surface area contributed by atoms with Crippen molar-refractivity contribution in [3.63, 3.8) is 0 Å². The van der Waals surface area contributed by atoms with Crippen LogP contribution in [0.3, 0.4) is 0 Å². The third-order valence-corrected chi connectivity index (χ3v) is 7.95. The molecule has 1 aliphatic heterocycles. The first-order valence-electron chi connectivity index (χ1n) is 13.6. The number of nitrogens with one attached hydrogen (secondary N) is 1. The molecule has 0 bridgehead atoms. The number of hydrogen-bond donors (Lipinski definition) is 2. The van der Waals surface area contributed by atoms with E-state index in [1.165, 1.54) is 4.90 Å². The Morgan fingerprint density at radius 1 is 1.25 bits per heavy atom. The number of nitrogens with zero attached hydrogens (tertiary/aromatic N) is 3. The SMILES string of the molecule is CCOCCOc1cc(-c2scnc2C)ccc1CNC(=O)[C@@H]1C[C@@H](O)CN1C(=O)[C@@H](c1cc(C)no1)C(C)C. The number of aryl methyl sites for hydroxylation is 2. The second-order valence-corrected chi connectivity index (χ2v) is 11.2. The van der Waals surface area contributed by atoms with E-state index in [0.29, 0.717) is 37.0 Å². The minimum absolute atomic E-state index is 0.0848. The maximum Gasteiger partial charge on any atom is 0.243 e. The molecule has 0 radical (unpaired) electrons. The van der Waals surface area contributed by atoms with Crippen LogP contribution in [0, 0.1) is 19.8 Å². The molecule has 2 amide bonds. The highest BCUT2D eigenvalue weighted by atomic mass is 32.1. The van der Waals surface area contributed by atoms with Crippen LogP contribution in [0.2, 0.25) is 0 Å². The minimum Gasteiger partial charge on any atom is -0.491 e. The Labute approximate surface area is 238 Å². The molecule has 0 unspecified atom stereocenters. The molecule has 3 aromatic rings. The van der Waals surface area contributed by atoms with Crippen LogP contribution in [0.25, 0.3) is 10.4 Å². The Hall–Kier alpha value is -3.28. The molecular formula is C29H38N4O6S. The smallest absolute Gasteiger partial charge is 0.243 e. The van der Waals surface area contributed by atoms with Crippen LogP contribution in [-0.4, -0.2) is 70.5 Å². The molecular weight excluding hydrogens is 532 g/mol. The van der Waals surface area contributed by atoms with Crippen LogP contribution in [0.1, 0.15) is 55.8 Å². The fourth-order valence-corrected chi connectivity index (χ4v) is 5.76. The van der Waals surface area contributed by atoms with Gasteiger partial charge < -0.3 is 29.3 Å². The molecule has 0 saturated carbocycles. The van der Waals surface area contributed by atoms with E-state index >= 15 is 0 Å².